The minimum atomic E-state index is -4.69. The molecule has 17 heteroatoms. The predicted octanol–water partition coefficient (Wildman–Crippen LogP) is 9.97. The van der Waals surface area contributed by atoms with Gasteiger partial charge in [0.2, 0.25) is 10.9 Å². The molecule has 2 aliphatic rings. The number of nitrogens with zero attached hydrogens (tertiary/aromatic N) is 2. The van der Waals surface area contributed by atoms with Crippen molar-refractivity contribution in [3.63, 3.8) is 0 Å². The monoisotopic (exact) mass is 874 g/mol. The predicted molar refractivity (Wildman–Crippen MR) is 231 cm³/mol. The molecule has 0 spiro atoms. The Labute approximate surface area is 357 Å². The van der Waals surface area contributed by atoms with Crippen LogP contribution < -0.4 is 36.0 Å². The number of aromatic nitrogens is 2. The third-order valence-corrected chi connectivity index (χ3v) is 11.5. The average molecular weight is 875 g/mol. The van der Waals surface area contributed by atoms with Crippen LogP contribution in [0.1, 0.15) is 77.8 Å². The number of para-hydroxylation sites is 1. The minimum Gasteiger partial charge on any atom is -0.497 e. The highest BCUT2D eigenvalue weighted by Gasteiger charge is 2.37. The van der Waals surface area contributed by atoms with E-state index in [2.05, 4.69) is 20.6 Å². The standard InChI is InChI=1S/C24H24F3N3O3.C22H20F3N3O2/c1-13-4-5-14(2)30(13)15-6-8-21(19(10-15)24(25,26)27)29-23(32)18-12-28-20-9-7-16(33-3)11-17(20)22(18)31;23-22(24,25)17-12-14(28-10-4-1-5-11-28)8-9-19(17)27-21(30)16-13-26-18-7-3-2-6-15(18)20(16)29/h6-14H,4-5H2,1-3H3,(H,28,31)(H,29,32);2-3,6-9,12-13H,1,4-5,10-11H2,(H,26,29)(H,27,30)/t13-,14-;/m1./s1. The quantitative estimate of drug-likeness (QED) is 0.117. The van der Waals surface area contributed by atoms with Gasteiger partial charge in [0.05, 0.1) is 29.6 Å². The number of H-pyrrole nitrogens is 2. The van der Waals surface area contributed by atoms with Crippen molar-refractivity contribution in [2.24, 2.45) is 0 Å². The van der Waals surface area contributed by atoms with Gasteiger partial charge in [-0.2, -0.15) is 26.3 Å². The second kappa shape index (κ2) is 17.9. The number of carbonyl (C=O) groups is 2. The topological polar surface area (TPSA) is 140 Å². The summed E-state index contributed by atoms with van der Waals surface area (Å²) in [5, 5.41) is 5.04. The lowest BCUT2D eigenvalue weighted by Crippen LogP contribution is -2.32. The first kappa shape index (κ1) is 44.3. The Morgan fingerprint density at radius 2 is 1.16 bits per heavy atom. The molecule has 0 radical (unpaired) electrons. The van der Waals surface area contributed by atoms with E-state index < -0.39 is 51.8 Å². The Hall–Kier alpha value is -6.78. The van der Waals surface area contributed by atoms with E-state index in [-0.39, 0.29) is 34.3 Å². The van der Waals surface area contributed by atoms with Crippen molar-refractivity contribution in [2.45, 2.75) is 70.4 Å². The van der Waals surface area contributed by atoms with Gasteiger partial charge in [0, 0.05) is 70.7 Å². The molecular weight excluding hydrogens is 831 g/mol. The van der Waals surface area contributed by atoms with E-state index >= 15 is 0 Å². The number of rotatable bonds is 7. The number of hydrogen-bond donors (Lipinski definition) is 4. The zero-order valence-corrected chi connectivity index (χ0v) is 34.5. The molecule has 6 aromatic rings. The molecule has 2 saturated heterocycles. The van der Waals surface area contributed by atoms with E-state index in [1.54, 1.807) is 48.5 Å². The molecule has 330 valence electrons. The van der Waals surface area contributed by atoms with Crippen LogP contribution in [0.5, 0.6) is 5.75 Å². The van der Waals surface area contributed by atoms with Crippen LogP contribution in [0.4, 0.5) is 49.1 Å². The summed E-state index contributed by atoms with van der Waals surface area (Å²) in [5.41, 5.74) is -2.41. The van der Waals surface area contributed by atoms with Gasteiger partial charge in [0.1, 0.15) is 16.9 Å². The van der Waals surface area contributed by atoms with Gasteiger partial charge in [0.15, 0.2) is 0 Å². The fourth-order valence-corrected chi connectivity index (χ4v) is 8.17. The molecule has 0 bridgehead atoms. The molecule has 2 aromatic heterocycles. The zero-order valence-electron chi connectivity index (χ0n) is 34.5. The molecule has 63 heavy (non-hydrogen) atoms. The zero-order chi connectivity index (χ0) is 45.2. The first-order valence-electron chi connectivity index (χ1n) is 20.3. The molecule has 4 heterocycles. The number of anilines is 4. The minimum absolute atomic E-state index is 0.120. The van der Waals surface area contributed by atoms with Crippen LogP contribution >= 0.6 is 0 Å². The molecule has 0 unspecified atom stereocenters. The van der Waals surface area contributed by atoms with Gasteiger partial charge >= 0.3 is 12.4 Å². The Morgan fingerprint density at radius 3 is 1.71 bits per heavy atom. The number of hydrogen-bond acceptors (Lipinski definition) is 7. The van der Waals surface area contributed by atoms with Crippen LogP contribution in [-0.2, 0) is 12.4 Å². The largest absolute Gasteiger partial charge is 0.497 e. The molecule has 8 rings (SSSR count). The molecule has 4 aromatic carbocycles. The van der Waals surface area contributed by atoms with Crippen molar-refractivity contribution in [1.82, 2.24) is 9.97 Å². The highest BCUT2D eigenvalue weighted by molar-refractivity contribution is 6.07. The molecule has 2 fully saturated rings. The van der Waals surface area contributed by atoms with Crippen molar-refractivity contribution in [2.75, 3.05) is 40.6 Å². The lowest BCUT2D eigenvalue weighted by Gasteiger charge is -2.30. The van der Waals surface area contributed by atoms with Crippen molar-refractivity contribution in [1.29, 1.82) is 0 Å². The molecule has 2 atom stereocenters. The molecule has 2 aliphatic heterocycles. The summed E-state index contributed by atoms with van der Waals surface area (Å²) in [5.74, 6) is -1.40. The summed E-state index contributed by atoms with van der Waals surface area (Å²) < 4.78 is 87.9. The number of aromatic amines is 2. The summed E-state index contributed by atoms with van der Waals surface area (Å²) in [6.45, 7) is 5.37. The van der Waals surface area contributed by atoms with Crippen LogP contribution in [-0.4, -0.2) is 54.1 Å². The van der Waals surface area contributed by atoms with Gasteiger partial charge in [-0.3, -0.25) is 19.2 Å². The Kier molecular flexibility index (Phi) is 12.6. The van der Waals surface area contributed by atoms with E-state index in [1.807, 2.05) is 23.6 Å². The molecular formula is C46H44F6N6O5. The second-order valence-electron chi connectivity index (χ2n) is 15.6. The molecule has 4 N–H and O–H groups in total. The second-order valence-corrected chi connectivity index (χ2v) is 15.6. The molecule has 11 nitrogen and oxygen atoms in total. The van der Waals surface area contributed by atoms with E-state index in [0.29, 0.717) is 46.6 Å². The van der Waals surface area contributed by atoms with Gasteiger partial charge in [-0.15, -0.1) is 0 Å². The smallest absolute Gasteiger partial charge is 0.418 e. The maximum absolute atomic E-state index is 13.9. The Bertz CT molecular complexity index is 2790. The van der Waals surface area contributed by atoms with Crippen LogP contribution in [0.15, 0.2) is 101 Å². The number of piperidine rings is 1. The third kappa shape index (κ3) is 9.51. The number of benzene rings is 4. The number of halogens is 6. The summed E-state index contributed by atoms with van der Waals surface area (Å²) in [7, 11) is 1.44. The number of amides is 2. The lowest BCUT2D eigenvalue weighted by molar-refractivity contribution is -0.137. The normalized spacial score (nSPS) is 16.7. The summed E-state index contributed by atoms with van der Waals surface area (Å²) >= 11 is 0. The third-order valence-electron chi connectivity index (χ3n) is 11.5. The van der Waals surface area contributed by atoms with Crippen molar-refractivity contribution in [3.05, 3.63) is 134 Å². The molecule has 0 saturated carbocycles. The summed E-state index contributed by atoms with van der Waals surface area (Å²) in [6, 6.07) is 19.4. The van der Waals surface area contributed by atoms with Crippen molar-refractivity contribution in [3.8, 4) is 5.75 Å². The van der Waals surface area contributed by atoms with Gasteiger partial charge in [-0.25, -0.2) is 0 Å². The summed E-state index contributed by atoms with van der Waals surface area (Å²) in [6.07, 6.45) is -2.19. The van der Waals surface area contributed by atoms with Gasteiger partial charge in [0.25, 0.3) is 11.8 Å². The van der Waals surface area contributed by atoms with Crippen molar-refractivity contribution >= 4 is 56.4 Å². The van der Waals surface area contributed by atoms with Crippen LogP contribution in [0, 0.1) is 0 Å². The summed E-state index contributed by atoms with van der Waals surface area (Å²) in [4.78, 5) is 60.4. The first-order valence-corrected chi connectivity index (χ1v) is 20.3. The van der Waals surface area contributed by atoms with Crippen LogP contribution in [0.2, 0.25) is 0 Å². The number of methoxy groups -OCH3 is 1. The van der Waals surface area contributed by atoms with E-state index in [0.717, 1.165) is 44.2 Å². The van der Waals surface area contributed by atoms with E-state index in [9.17, 15) is 45.5 Å². The average Bonchev–Trinajstić information content (AvgIpc) is 3.60. The van der Waals surface area contributed by atoms with E-state index in [4.69, 9.17) is 4.74 Å². The van der Waals surface area contributed by atoms with Crippen molar-refractivity contribution < 1.29 is 40.7 Å². The molecule has 2 amide bonds. The number of carbonyl (C=O) groups excluding carboxylic acids is 2. The number of nitrogens with one attached hydrogen (secondary N) is 4. The fraction of sp³-hybridized carbons (Fsp3) is 0.304. The van der Waals surface area contributed by atoms with Crippen LogP contribution in [0.25, 0.3) is 21.8 Å². The highest BCUT2D eigenvalue weighted by atomic mass is 19.4. The maximum atomic E-state index is 13.9. The van der Waals surface area contributed by atoms with Gasteiger partial charge < -0.3 is 35.1 Å². The number of alkyl halides is 6. The highest BCUT2D eigenvalue weighted by Crippen LogP contribution is 2.41. The lowest BCUT2D eigenvalue weighted by atomic mass is 10.1. The number of pyridine rings is 2. The Balaban J connectivity index is 0.000000190. The van der Waals surface area contributed by atoms with Gasteiger partial charge in [-0.05, 0) is 113 Å². The molecule has 0 aliphatic carbocycles. The number of ether oxygens (including phenoxy) is 1. The fourth-order valence-electron chi connectivity index (χ4n) is 8.17. The maximum Gasteiger partial charge on any atom is 0.418 e. The number of fused-ring (bicyclic) bond motifs is 2. The Morgan fingerprint density at radius 1 is 0.651 bits per heavy atom. The first-order chi connectivity index (χ1) is 29.9. The van der Waals surface area contributed by atoms with E-state index in [1.165, 1.54) is 37.7 Å². The SMILES string of the molecule is COc1ccc2[nH]cc(C(=O)Nc3ccc(N4[C@H](C)CC[C@H]4C)cc3C(F)(F)F)c(=O)c2c1.O=C(Nc1ccc(N2CCCCC2)cc1C(F)(F)F)c1c[nH]c2ccccc2c1=O. The van der Waals surface area contributed by atoms with Gasteiger partial charge in [-0.1, -0.05) is 12.1 Å². The van der Waals surface area contributed by atoms with Crippen LogP contribution in [0.3, 0.4) is 0 Å².